The molecule has 0 aliphatic carbocycles. The van der Waals surface area contributed by atoms with Crippen molar-refractivity contribution in [2.24, 2.45) is 7.05 Å². The molecular weight excluding hydrogens is 376 g/mol. The minimum Gasteiger partial charge on any atom is -0.337 e. The number of rotatable bonds is 4. The van der Waals surface area contributed by atoms with Gasteiger partial charge in [0.25, 0.3) is 0 Å². The summed E-state index contributed by atoms with van der Waals surface area (Å²) < 4.78 is 2.10. The van der Waals surface area contributed by atoms with Crippen molar-refractivity contribution in [2.75, 3.05) is 39.8 Å². The number of imidazole rings is 1. The molecule has 7 nitrogen and oxygen atoms in total. The van der Waals surface area contributed by atoms with Crippen LogP contribution in [0.1, 0.15) is 24.1 Å². The molecule has 160 valence electrons. The molecule has 4 heterocycles. The summed E-state index contributed by atoms with van der Waals surface area (Å²) in [7, 11) is 4.19. The summed E-state index contributed by atoms with van der Waals surface area (Å²) in [5.41, 5.74) is 2.31. The Bertz CT molecular complexity index is 888. The molecular formula is C23H32N6O. The minimum atomic E-state index is -0.151. The quantitative estimate of drug-likeness (QED) is 0.765. The molecule has 3 saturated heterocycles. The van der Waals surface area contributed by atoms with Gasteiger partial charge >= 0.3 is 0 Å². The van der Waals surface area contributed by atoms with Crippen LogP contribution in [0.3, 0.4) is 0 Å². The molecule has 5 rings (SSSR count). The Kier molecular flexibility index (Phi) is 5.13. The van der Waals surface area contributed by atoms with Crippen LogP contribution in [0.4, 0.5) is 0 Å². The van der Waals surface area contributed by atoms with Gasteiger partial charge in [0, 0.05) is 59.1 Å². The number of piperazine rings is 1. The second kappa shape index (κ2) is 7.80. The van der Waals surface area contributed by atoms with E-state index in [1.807, 2.05) is 18.6 Å². The zero-order valence-corrected chi connectivity index (χ0v) is 18.1. The van der Waals surface area contributed by atoms with Crippen LogP contribution in [0.15, 0.2) is 42.9 Å². The normalized spacial score (nSPS) is 25.2. The first-order chi connectivity index (χ1) is 14.6. The molecule has 30 heavy (non-hydrogen) atoms. The highest BCUT2D eigenvalue weighted by molar-refractivity contribution is 5.85. The number of piperidine rings is 1. The van der Waals surface area contributed by atoms with Gasteiger partial charge in [-0.25, -0.2) is 4.98 Å². The van der Waals surface area contributed by atoms with Crippen molar-refractivity contribution >= 4 is 5.91 Å². The Morgan fingerprint density at radius 1 is 1.03 bits per heavy atom. The number of hydrogen-bond donors (Lipinski definition) is 0. The molecule has 1 spiro atoms. The second-order valence-corrected chi connectivity index (χ2v) is 9.14. The predicted molar refractivity (Wildman–Crippen MR) is 115 cm³/mol. The Labute approximate surface area is 178 Å². The van der Waals surface area contributed by atoms with Crippen LogP contribution >= 0.6 is 0 Å². The first-order valence-corrected chi connectivity index (χ1v) is 11.0. The van der Waals surface area contributed by atoms with Gasteiger partial charge in [-0.15, -0.1) is 0 Å². The molecule has 1 amide bonds. The molecule has 1 aromatic heterocycles. The zero-order chi connectivity index (χ0) is 20.7. The van der Waals surface area contributed by atoms with Gasteiger partial charge in [0.05, 0.1) is 17.7 Å². The van der Waals surface area contributed by atoms with E-state index in [4.69, 9.17) is 0 Å². The third-order valence-corrected chi connectivity index (χ3v) is 7.31. The molecule has 3 aliphatic rings. The number of aryl methyl sites for hydroxylation is 1. The summed E-state index contributed by atoms with van der Waals surface area (Å²) in [6.45, 7) is 6.48. The molecule has 1 atom stereocenters. The number of amides is 1. The van der Waals surface area contributed by atoms with E-state index in [-0.39, 0.29) is 11.7 Å². The Hall–Kier alpha value is -2.22. The molecule has 2 aromatic rings. The van der Waals surface area contributed by atoms with Crippen LogP contribution in [0.2, 0.25) is 0 Å². The fourth-order valence-electron chi connectivity index (χ4n) is 5.55. The minimum absolute atomic E-state index is 0.00362. The largest absolute Gasteiger partial charge is 0.337 e. The maximum Gasteiger partial charge on any atom is 0.243 e. The number of aromatic nitrogens is 2. The van der Waals surface area contributed by atoms with Crippen LogP contribution in [0.25, 0.3) is 0 Å². The van der Waals surface area contributed by atoms with E-state index in [1.54, 1.807) is 0 Å². The van der Waals surface area contributed by atoms with E-state index in [9.17, 15) is 4.79 Å². The van der Waals surface area contributed by atoms with Crippen molar-refractivity contribution in [1.82, 2.24) is 29.2 Å². The van der Waals surface area contributed by atoms with Crippen molar-refractivity contribution in [3.05, 3.63) is 54.1 Å². The summed E-state index contributed by atoms with van der Waals surface area (Å²) in [6.07, 6.45) is 5.84. The second-order valence-electron chi connectivity index (χ2n) is 9.14. The topological polar surface area (TPSA) is 47.9 Å². The van der Waals surface area contributed by atoms with E-state index < -0.39 is 0 Å². The maximum atomic E-state index is 13.6. The van der Waals surface area contributed by atoms with Crippen molar-refractivity contribution in [3.63, 3.8) is 0 Å². The summed E-state index contributed by atoms with van der Waals surface area (Å²) in [5, 5.41) is 0. The molecule has 0 unspecified atom stereocenters. The zero-order valence-electron chi connectivity index (χ0n) is 18.1. The lowest BCUT2D eigenvalue weighted by Crippen LogP contribution is -2.63. The van der Waals surface area contributed by atoms with Crippen LogP contribution in [0.5, 0.6) is 0 Å². The lowest BCUT2D eigenvalue weighted by atomic mass is 9.93. The highest BCUT2D eigenvalue weighted by atomic mass is 16.2. The summed E-state index contributed by atoms with van der Waals surface area (Å²) in [5.74, 6) is 0.311. The van der Waals surface area contributed by atoms with Crippen LogP contribution in [-0.2, 0) is 24.9 Å². The van der Waals surface area contributed by atoms with Crippen LogP contribution in [-0.4, -0.2) is 86.5 Å². The van der Waals surface area contributed by atoms with E-state index >= 15 is 0 Å². The monoisotopic (exact) mass is 408 g/mol. The standard InChI is InChI=1S/C23H32N6O/c1-25-12-13-28-21(17-25)22(30)29(15-19-6-4-3-5-7-19)23(28)8-10-27(11-9-23)16-20-14-24-18-26(20)2/h3-7,14,18,21H,8-13,15-17H2,1-2H3/t21-/m1/s1. The van der Waals surface area contributed by atoms with E-state index in [0.29, 0.717) is 12.5 Å². The molecule has 3 aliphatic heterocycles. The van der Waals surface area contributed by atoms with Crippen molar-refractivity contribution in [2.45, 2.75) is 37.6 Å². The van der Waals surface area contributed by atoms with E-state index in [1.165, 1.54) is 11.3 Å². The lowest BCUT2D eigenvalue weighted by molar-refractivity contribution is -0.135. The van der Waals surface area contributed by atoms with Crippen molar-refractivity contribution in [3.8, 4) is 0 Å². The number of hydrogen-bond acceptors (Lipinski definition) is 5. The van der Waals surface area contributed by atoms with E-state index in [0.717, 1.165) is 52.1 Å². The van der Waals surface area contributed by atoms with Gasteiger partial charge < -0.3 is 14.4 Å². The maximum absolute atomic E-state index is 13.6. The molecule has 1 aromatic carbocycles. The predicted octanol–water partition coefficient (Wildman–Crippen LogP) is 1.37. The van der Waals surface area contributed by atoms with Crippen LogP contribution < -0.4 is 0 Å². The number of carbonyl (C=O) groups excluding carboxylic acids is 1. The summed E-state index contributed by atoms with van der Waals surface area (Å²) >= 11 is 0. The summed E-state index contributed by atoms with van der Waals surface area (Å²) in [6, 6.07) is 10.5. The van der Waals surface area contributed by atoms with Crippen LogP contribution in [0, 0.1) is 0 Å². The molecule has 7 heteroatoms. The number of likely N-dealkylation sites (N-methyl/N-ethyl adjacent to an activating group) is 1. The average molecular weight is 409 g/mol. The molecule has 0 radical (unpaired) electrons. The Morgan fingerprint density at radius 2 is 1.80 bits per heavy atom. The van der Waals surface area contributed by atoms with E-state index in [2.05, 4.69) is 67.5 Å². The van der Waals surface area contributed by atoms with Crippen molar-refractivity contribution in [1.29, 1.82) is 0 Å². The smallest absolute Gasteiger partial charge is 0.243 e. The van der Waals surface area contributed by atoms with Gasteiger partial charge in [-0.2, -0.15) is 0 Å². The first-order valence-electron chi connectivity index (χ1n) is 11.0. The number of carbonyl (C=O) groups is 1. The third kappa shape index (κ3) is 3.35. The number of fused-ring (bicyclic) bond motifs is 2. The van der Waals surface area contributed by atoms with Gasteiger partial charge in [-0.05, 0) is 25.5 Å². The Balaban J connectivity index is 1.38. The summed E-state index contributed by atoms with van der Waals surface area (Å²) in [4.78, 5) is 27.4. The SMILES string of the molecule is CN1CCN2[C@H](C1)C(=O)N(Cc1ccccc1)C21CCN(Cc2cncn2C)CC1. The first kappa shape index (κ1) is 19.7. The van der Waals surface area contributed by atoms with Gasteiger partial charge in [-0.3, -0.25) is 14.6 Å². The van der Waals surface area contributed by atoms with Crippen molar-refractivity contribution < 1.29 is 4.79 Å². The highest BCUT2D eigenvalue weighted by Gasteiger charge is 2.58. The number of likely N-dealkylation sites (tertiary alicyclic amines) is 1. The fraction of sp³-hybridized carbons (Fsp3) is 0.565. The Morgan fingerprint density at radius 3 is 2.50 bits per heavy atom. The third-order valence-electron chi connectivity index (χ3n) is 7.31. The van der Waals surface area contributed by atoms with Gasteiger partial charge in [-0.1, -0.05) is 30.3 Å². The lowest BCUT2D eigenvalue weighted by Gasteiger charge is -2.50. The molecule has 3 fully saturated rings. The average Bonchev–Trinajstić information content (AvgIpc) is 3.25. The fourth-order valence-corrected chi connectivity index (χ4v) is 5.55. The number of nitrogens with zero attached hydrogens (tertiary/aromatic N) is 6. The van der Waals surface area contributed by atoms with Gasteiger partial charge in [0.15, 0.2) is 0 Å². The number of benzene rings is 1. The molecule has 0 N–H and O–H groups in total. The highest BCUT2D eigenvalue weighted by Crippen LogP contribution is 2.42. The van der Waals surface area contributed by atoms with Gasteiger partial charge in [0.1, 0.15) is 6.04 Å². The molecule has 0 saturated carbocycles. The molecule has 0 bridgehead atoms. The van der Waals surface area contributed by atoms with Gasteiger partial charge in [0.2, 0.25) is 5.91 Å².